The van der Waals surface area contributed by atoms with Crippen LogP contribution in [0.1, 0.15) is 28.8 Å². The van der Waals surface area contributed by atoms with Crippen LogP contribution in [-0.2, 0) is 0 Å². The molecule has 2 rings (SSSR count). The normalized spacial score (nSPS) is 19.2. The molecule has 2 N–H and O–H groups in total. The molecule has 1 saturated heterocycles. The van der Waals surface area contributed by atoms with Gasteiger partial charge in [-0.05, 0) is 62.7 Å². The van der Waals surface area contributed by atoms with E-state index in [0.717, 1.165) is 35.7 Å². The molecule has 1 unspecified atom stereocenters. The monoisotopic (exact) mass is 278 g/mol. The Labute approximate surface area is 119 Å². The van der Waals surface area contributed by atoms with Gasteiger partial charge in [-0.15, -0.1) is 11.8 Å². The largest absolute Gasteiger partial charge is 0.352 e. The van der Waals surface area contributed by atoms with Crippen molar-refractivity contribution >= 4 is 17.7 Å². The van der Waals surface area contributed by atoms with Crippen LogP contribution >= 0.6 is 11.8 Å². The first-order valence-corrected chi connectivity index (χ1v) is 8.06. The Bertz CT molecular complexity index is 442. The lowest BCUT2D eigenvalue weighted by molar-refractivity contribution is 0.0944. The first-order chi connectivity index (χ1) is 9.20. The van der Waals surface area contributed by atoms with E-state index >= 15 is 0 Å². The van der Waals surface area contributed by atoms with Crippen molar-refractivity contribution < 1.29 is 4.79 Å². The highest BCUT2D eigenvalue weighted by molar-refractivity contribution is 7.98. The molecule has 0 aromatic heterocycles. The van der Waals surface area contributed by atoms with Crippen LogP contribution in [0, 0.1) is 12.8 Å². The number of nitrogens with one attached hydrogen (secondary N) is 2. The first kappa shape index (κ1) is 14.4. The van der Waals surface area contributed by atoms with Crippen LogP contribution in [0.15, 0.2) is 23.1 Å². The summed E-state index contributed by atoms with van der Waals surface area (Å²) in [4.78, 5) is 13.4. The molecule has 4 heteroatoms. The average Bonchev–Trinajstić information content (AvgIpc) is 2.46. The van der Waals surface area contributed by atoms with Gasteiger partial charge < -0.3 is 10.6 Å². The molecule has 1 aromatic rings. The van der Waals surface area contributed by atoms with Crippen LogP contribution < -0.4 is 10.6 Å². The van der Waals surface area contributed by atoms with Crippen LogP contribution in [0.25, 0.3) is 0 Å². The summed E-state index contributed by atoms with van der Waals surface area (Å²) in [7, 11) is 0. The van der Waals surface area contributed by atoms with E-state index in [2.05, 4.69) is 16.7 Å². The van der Waals surface area contributed by atoms with Crippen LogP contribution in [0.2, 0.25) is 0 Å². The second-order valence-electron chi connectivity index (χ2n) is 5.10. The van der Waals surface area contributed by atoms with Crippen molar-refractivity contribution in [2.75, 3.05) is 25.9 Å². The van der Waals surface area contributed by atoms with E-state index < -0.39 is 0 Å². The molecule has 1 aliphatic heterocycles. The van der Waals surface area contributed by atoms with Crippen molar-refractivity contribution in [3.8, 4) is 0 Å². The van der Waals surface area contributed by atoms with Crippen molar-refractivity contribution in [3.63, 3.8) is 0 Å². The lowest BCUT2D eigenvalue weighted by Crippen LogP contribution is -2.38. The van der Waals surface area contributed by atoms with Gasteiger partial charge in [0.25, 0.3) is 5.91 Å². The van der Waals surface area contributed by atoms with Crippen LogP contribution in [-0.4, -0.2) is 31.8 Å². The van der Waals surface area contributed by atoms with Gasteiger partial charge >= 0.3 is 0 Å². The molecule has 0 bridgehead atoms. The number of carbonyl (C=O) groups excluding carboxylic acids is 1. The third kappa shape index (κ3) is 3.98. The Kier molecular flexibility index (Phi) is 5.28. The van der Waals surface area contributed by atoms with Gasteiger partial charge in [0.1, 0.15) is 0 Å². The molecule has 0 spiro atoms. The molecular weight excluding hydrogens is 256 g/mol. The number of rotatable bonds is 4. The highest BCUT2D eigenvalue weighted by Gasteiger charge is 2.15. The molecule has 0 radical (unpaired) electrons. The molecule has 1 atom stereocenters. The molecular formula is C15H22N2OS. The van der Waals surface area contributed by atoms with E-state index in [1.807, 2.05) is 25.3 Å². The smallest absolute Gasteiger partial charge is 0.251 e. The Balaban J connectivity index is 1.95. The van der Waals surface area contributed by atoms with E-state index in [0.29, 0.717) is 5.92 Å². The highest BCUT2D eigenvalue weighted by Crippen LogP contribution is 2.19. The Hall–Kier alpha value is -1.00. The summed E-state index contributed by atoms with van der Waals surface area (Å²) in [5.41, 5.74) is 1.84. The van der Waals surface area contributed by atoms with Crippen molar-refractivity contribution in [3.05, 3.63) is 29.3 Å². The maximum absolute atomic E-state index is 12.2. The van der Waals surface area contributed by atoms with Crippen LogP contribution in [0.4, 0.5) is 0 Å². The second kappa shape index (κ2) is 6.96. The van der Waals surface area contributed by atoms with Gasteiger partial charge in [0, 0.05) is 17.0 Å². The summed E-state index contributed by atoms with van der Waals surface area (Å²) in [6.45, 7) is 4.89. The second-order valence-corrected chi connectivity index (χ2v) is 5.98. The Morgan fingerprint density at radius 1 is 1.53 bits per heavy atom. The van der Waals surface area contributed by atoms with E-state index in [1.165, 1.54) is 12.8 Å². The van der Waals surface area contributed by atoms with Gasteiger partial charge in [-0.3, -0.25) is 4.79 Å². The lowest BCUT2D eigenvalue weighted by Gasteiger charge is -2.23. The summed E-state index contributed by atoms with van der Waals surface area (Å²) in [6, 6.07) is 6.05. The van der Waals surface area contributed by atoms with Crippen LogP contribution in [0.5, 0.6) is 0 Å². The minimum Gasteiger partial charge on any atom is -0.352 e. The van der Waals surface area contributed by atoms with Crippen molar-refractivity contribution in [2.24, 2.45) is 5.92 Å². The predicted molar refractivity (Wildman–Crippen MR) is 80.9 cm³/mol. The number of amides is 1. The number of thioether (sulfide) groups is 1. The number of aryl methyl sites for hydroxylation is 1. The zero-order valence-electron chi connectivity index (χ0n) is 11.7. The fraction of sp³-hybridized carbons (Fsp3) is 0.533. The summed E-state index contributed by atoms with van der Waals surface area (Å²) in [5, 5.41) is 6.45. The number of hydrogen-bond acceptors (Lipinski definition) is 3. The van der Waals surface area contributed by atoms with E-state index in [9.17, 15) is 4.79 Å². The molecule has 104 valence electrons. The minimum atomic E-state index is 0.0546. The maximum Gasteiger partial charge on any atom is 0.251 e. The highest BCUT2D eigenvalue weighted by atomic mass is 32.2. The van der Waals surface area contributed by atoms with Gasteiger partial charge in [0.15, 0.2) is 0 Å². The topological polar surface area (TPSA) is 41.1 Å². The van der Waals surface area contributed by atoms with Crippen LogP contribution in [0.3, 0.4) is 0 Å². The van der Waals surface area contributed by atoms with Gasteiger partial charge in [-0.25, -0.2) is 0 Å². The van der Waals surface area contributed by atoms with Gasteiger partial charge in [-0.2, -0.15) is 0 Å². The van der Waals surface area contributed by atoms with Gasteiger partial charge in [-0.1, -0.05) is 6.07 Å². The summed E-state index contributed by atoms with van der Waals surface area (Å²) >= 11 is 1.67. The van der Waals surface area contributed by atoms with Crippen molar-refractivity contribution in [2.45, 2.75) is 24.7 Å². The zero-order valence-corrected chi connectivity index (χ0v) is 12.5. The number of carbonyl (C=O) groups is 1. The molecule has 3 nitrogen and oxygen atoms in total. The van der Waals surface area contributed by atoms with E-state index in [-0.39, 0.29) is 5.91 Å². The number of benzene rings is 1. The van der Waals surface area contributed by atoms with E-state index in [1.54, 1.807) is 11.8 Å². The molecule has 1 amide bonds. The number of piperidine rings is 1. The summed E-state index contributed by atoms with van der Waals surface area (Å²) < 4.78 is 0. The fourth-order valence-electron chi connectivity index (χ4n) is 2.40. The molecule has 0 aliphatic carbocycles. The van der Waals surface area contributed by atoms with Crippen molar-refractivity contribution in [1.29, 1.82) is 0 Å². The molecule has 19 heavy (non-hydrogen) atoms. The fourth-order valence-corrected chi connectivity index (χ4v) is 2.84. The van der Waals surface area contributed by atoms with E-state index in [4.69, 9.17) is 0 Å². The SMILES string of the molecule is CSc1ccc(C)c(C(=O)NCC2CCCNC2)c1. The molecule has 0 saturated carbocycles. The lowest BCUT2D eigenvalue weighted by atomic mass is 9.99. The Morgan fingerprint density at radius 2 is 2.37 bits per heavy atom. The van der Waals surface area contributed by atoms with Gasteiger partial charge in [0.2, 0.25) is 0 Å². The number of hydrogen-bond donors (Lipinski definition) is 2. The third-order valence-electron chi connectivity index (χ3n) is 3.64. The van der Waals surface area contributed by atoms with Gasteiger partial charge in [0.05, 0.1) is 0 Å². The standard InChI is InChI=1S/C15H22N2OS/c1-11-5-6-13(19-2)8-14(11)15(18)17-10-12-4-3-7-16-9-12/h5-6,8,12,16H,3-4,7,9-10H2,1-2H3,(H,17,18). The quantitative estimate of drug-likeness (QED) is 0.831. The zero-order chi connectivity index (χ0) is 13.7. The Morgan fingerprint density at radius 3 is 3.05 bits per heavy atom. The molecule has 1 aromatic carbocycles. The molecule has 1 heterocycles. The summed E-state index contributed by atoms with van der Waals surface area (Å²) in [5.74, 6) is 0.626. The minimum absolute atomic E-state index is 0.0546. The average molecular weight is 278 g/mol. The van der Waals surface area contributed by atoms with Crippen molar-refractivity contribution in [1.82, 2.24) is 10.6 Å². The maximum atomic E-state index is 12.2. The first-order valence-electron chi connectivity index (χ1n) is 6.84. The third-order valence-corrected chi connectivity index (χ3v) is 4.36. The molecule has 1 aliphatic rings. The molecule has 1 fully saturated rings. The predicted octanol–water partition coefficient (Wildman–Crippen LogP) is 2.45. The summed E-state index contributed by atoms with van der Waals surface area (Å²) in [6.07, 6.45) is 4.44.